The van der Waals surface area contributed by atoms with E-state index in [1.807, 2.05) is 47.9 Å². The summed E-state index contributed by atoms with van der Waals surface area (Å²) in [7, 11) is 1.66. The molecule has 0 radical (unpaired) electrons. The van der Waals surface area contributed by atoms with Crippen molar-refractivity contribution in [3.8, 4) is 5.75 Å². The van der Waals surface area contributed by atoms with E-state index in [1.165, 1.54) is 0 Å². The predicted octanol–water partition coefficient (Wildman–Crippen LogP) is 3.18. The number of amides is 2. The van der Waals surface area contributed by atoms with Crippen molar-refractivity contribution in [1.82, 2.24) is 14.7 Å². The van der Waals surface area contributed by atoms with Gasteiger partial charge in [-0.15, -0.1) is 0 Å². The number of carbonyl (C=O) groups excluding carboxylic acids is 2. The highest BCUT2D eigenvalue weighted by Crippen LogP contribution is 2.31. The second-order valence-electron chi connectivity index (χ2n) is 8.56. The second-order valence-corrected chi connectivity index (χ2v) is 8.56. The zero-order chi connectivity index (χ0) is 22.2. The molecule has 1 aromatic carbocycles. The van der Waals surface area contributed by atoms with E-state index in [9.17, 15) is 9.59 Å². The number of rotatable bonds is 8. The van der Waals surface area contributed by atoms with Gasteiger partial charge in [0.1, 0.15) is 5.75 Å². The third-order valence-corrected chi connectivity index (χ3v) is 6.70. The molecule has 0 aromatic heterocycles. The molecule has 31 heavy (non-hydrogen) atoms. The molecule has 0 saturated carbocycles. The standard InChI is InChI=1S/C25H37N3O3/c1-4-27(5-2)24(29)19-26-15-12-21(13-16-26)23-11-6-7-14-28(25(23)30)18-20-9-8-10-22(17-20)31-3/h6-10,17,21,23H,4-5,11-16,18-19H2,1-3H3/t23-/m0/s1. The Balaban J connectivity index is 1.58. The first-order chi connectivity index (χ1) is 15.0. The fourth-order valence-electron chi connectivity index (χ4n) is 4.78. The maximum absolute atomic E-state index is 13.4. The van der Waals surface area contributed by atoms with Crippen LogP contribution in [0.1, 0.15) is 38.7 Å². The van der Waals surface area contributed by atoms with Crippen LogP contribution >= 0.6 is 0 Å². The van der Waals surface area contributed by atoms with E-state index in [1.54, 1.807) is 7.11 Å². The largest absolute Gasteiger partial charge is 0.497 e. The minimum absolute atomic E-state index is 0.0324. The number of hydrogen-bond donors (Lipinski definition) is 0. The summed E-state index contributed by atoms with van der Waals surface area (Å²) in [5.74, 6) is 1.69. The lowest BCUT2D eigenvalue weighted by atomic mass is 9.81. The molecule has 2 aliphatic heterocycles. The summed E-state index contributed by atoms with van der Waals surface area (Å²) >= 11 is 0. The fraction of sp³-hybridized carbons (Fsp3) is 0.600. The molecular formula is C25H37N3O3. The number of likely N-dealkylation sites (tertiary alicyclic amines) is 1. The van der Waals surface area contributed by atoms with Gasteiger partial charge in [-0.2, -0.15) is 0 Å². The number of nitrogens with zero attached hydrogens (tertiary/aromatic N) is 3. The summed E-state index contributed by atoms with van der Waals surface area (Å²) in [5.41, 5.74) is 1.09. The Bertz CT molecular complexity index is 767. The van der Waals surface area contributed by atoms with Crippen molar-refractivity contribution >= 4 is 11.8 Å². The average molecular weight is 428 g/mol. The summed E-state index contributed by atoms with van der Waals surface area (Å²) in [4.78, 5) is 31.9. The van der Waals surface area contributed by atoms with E-state index in [0.717, 1.165) is 56.8 Å². The van der Waals surface area contributed by atoms with Gasteiger partial charge in [-0.1, -0.05) is 24.3 Å². The Morgan fingerprint density at radius 3 is 2.58 bits per heavy atom. The lowest BCUT2D eigenvalue weighted by molar-refractivity contribution is -0.138. The van der Waals surface area contributed by atoms with Crippen molar-refractivity contribution in [1.29, 1.82) is 0 Å². The van der Waals surface area contributed by atoms with E-state index in [2.05, 4.69) is 17.1 Å². The maximum Gasteiger partial charge on any atom is 0.236 e. The monoisotopic (exact) mass is 427 g/mol. The molecule has 0 N–H and O–H groups in total. The zero-order valence-electron chi connectivity index (χ0n) is 19.3. The van der Waals surface area contributed by atoms with Gasteiger partial charge in [0.15, 0.2) is 0 Å². The molecule has 0 unspecified atom stereocenters. The highest BCUT2D eigenvalue weighted by atomic mass is 16.5. The van der Waals surface area contributed by atoms with Gasteiger partial charge in [-0.3, -0.25) is 14.5 Å². The third kappa shape index (κ3) is 6.10. The molecule has 1 aromatic rings. The highest BCUT2D eigenvalue weighted by molar-refractivity contribution is 5.80. The number of likely N-dealkylation sites (N-methyl/N-ethyl adjacent to an activating group) is 1. The van der Waals surface area contributed by atoms with Gasteiger partial charge in [-0.25, -0.2) is 0 Å². The predicted molar refractivity (Wildman–Crippen MR) is 123 cm³/mol. The van der Waals surface area contributed by atoms with Crippen molar-refractivity contribution in [3.63, 3.8) is 0 Å². The SMILES string of the molecule is CCN(CC)C(=O)CN1CCC([C@@H]2CC=CCN(Cc3cccc(OC)c3)C2=O)CC1. The number of ether oxygens (including phenoxy) is 1. The normalized spacial score (nSPS) is 20.5. The van der Waals surface area contributed by atoms with Gasteiger partial charge in [0, 0.05) is 32.1 Å². The van der Waals surface area contributed by atoms with Crippen LogP contribution < -0.4 is 4.74 Å². The summed E-state index contributed by atoms with van der Waals surface area (Å²) in [6.45, 7) is 9.11. The topological polar surface area (TPSA) is 53.1 Å². The summed E-state index contributed by atoms with van der Waals surface area (Å²) in [5, 5.41) is 0. The van der Waals surface area contributed by atoms with Crippen molar-refractivity contribution in [3.05, 3.63) is 42.0 Å². The molecule has 0 spiro atoms. The molecule has 1 atom stereocenters. The summed E-state index contributed by atoms with van der Waals surface area (Å²) in [6, 6.07) is 7.95. The van der Waals surface area contributed by atoms with Crippen LogP contribution in [0, 0.1) is 11.8 Å². The molecule has 3 rings (SSSR count). The number of allylic oxidation sites excluding steroid dienone is 1. The van der Waals surface area contributed by atoms with Crippen LogP contribution in [0.5, 0.6) is 5.75 Å². The Hall–Kier alpha value is -2.34. The van der Waals surface area contributed by atoms with Gasteiger partial charge in [0.2, 0.25) is 11.8 Å². The first kappa shape index (κ1) is 23.3. The molecule has 6 nitrogen and oxygen atoms in total. The van der Waals surface area contributed by atoms with E-state index in [-0.39, 0.29) is 17.7 Å². The molecule has 170 valence electrons. The van der Waals surface area contributed by atoms with E-state index >= 15 is 0 Å². The van der Waals surface area contributed by atoms with E-state index in [4.69, 9.17) is 4.74 Å². The van der Waals surface area contributed by atoms with E-state index in [0.29, 0.717) is 25.6 Å². The number of carbonyl (C=O) groups is 2. The third-order valence-electron chi connectivity index (χ3n) is 6.70. The Morgan fingerprint density at radius 2 is 1.90 bits per heavy atom. The van der Waals surface area contributed by atoms with E-state index < -0.39 is 0 Å². The lowest BCUT2D eigenvalue weighted by Crippen LogP contribution is -2.46. The van der Waals surface area contributed by atoms with Crippen LogP contribution in [0.4, 0.5) is 0 Å². The molecule has 6 heteroatoms. The van der Waals surface area contributed by atoms with Crippen LogP contribution in [0.15, 0.2) is 36.4 Å². The number of benzene rings is 1. The first-order valence-corrected chi connectivity index (χ1v) is 11.6. The maximum atomic E-state index is 13.4. The van der Waals surface area contributed by atoms with Crippen LogP contribution in [-0.4, -0.2) is 72.9 Å². The Kier molecular flexibility index (Phi) is 8.52. The van der Waals surface area contributed by atoms with Crippen LogP contribution in [-0.2, 0) is 16.1 Å². The Morgan fingerprint density at radius 1 is 1.16 bits per heavy atom. The molecule has 1 saturated heterocycles. The van der Waals surface area contributed by atoms with Gasteiger partial charge in [-0.05, 0) is 69.8 Å². The number of methoxy groups -OCH3 is 1. The quantitative estimate of drug-likeness (QED) is 0.598. The molecule has 2 aliphatic rings. The van der Waals surface area contributed by atoms with Crippen molar-refractivity contribution < 1.29 is 14.3 Å². The minimum atomic E-state index is 0.0324. The van der Waals surface area contributed by atoms with Gasteiger partial charge in [0.05, 0.1) is 13.7 Å². The van der Waals surface area contributed by atoms with Crippen LogP contribution in [0.3, 0.4) is 0 Å². The van der Waals surface area contributed by atoms with Crippen LogP contribution in [0.25, 0.3) is 0 Å². The summed E-state index contributed by atoms with van der Waals surface area (Å²) in [6.07, 6.45) is 7.06. The Labute approximate surface area is 186 Å². The first-order valence-electron chi connectivity index (χ1n) is 11.6. The van der Waals surface area contributed by atoms with Crippen molar-refractivity contribution in [2.45, 2.75) is 39.7 Å². The van der Waals surface area contributed by atoms with Gasteiger partial charge < -0.3 is 14.5 Å². The van der Waals surface area contributed by atoms with Crippen LogP contribution in [0.2, 0.25) is 0 Å². The lowest BCUT2D eigenvalue weighted by Gasteiger charge is -2.36. The average Bonchev–Trinajstić information content (AvgIpc) is 2.97. The molecule has 0 aliphatic carbocycles. The smallest absolute Gasteiger partial charge is 0.236 e. The van der Waals surface area contributed by atoms with Gasteiger partial charge >= 0.3 is 0 Å². The number of piperidine rings is 1. The molecule has 2 amide bonds. The molecular weight excluding hydrogens is 390 g/mol. The minimum Gasteiger partial charge on any atom is -0.497 e. The molecule has 0 bridgehead atoms. The summed E-state index contributed by atoms with van der Waals surface area (Å²) < 4.78 is 5.33. The molecule has 1 fully saturated rings. The van der Waals surface area contributed by atoms with Crippen molar-refractivity contribution in [2.75, 3.05) is 46.4 Å². The molecule has 2 heterocycles. The van der Waals surface area contributed by atoms with Gasteiger partial charge in [0.25, 0.3) is 0 Å². The second kappa shape index (κ2) is 11.3. The number of hydrogen-bond acceptors (Lipinski definition) is 4. The zero-order valence-corrected chi connectivity index (χ0v) is 19.3. The fourth-order valence-corrected chi connectivity index (χ4v) is 4.78. The highest BCUT2D eigenvalue weighted by Gasteiger charge is 2.34. The van der Waals surface area contributed by atoms with Crippen molar-refractivity contribution in [2.24, 2.45) is 11.8 Å².